The van der Waals surface area contributed by atoms with Crippen LogP contribution in [-0.4, -0.2) is 12.2 Å². The predicted molar refractivity (Wildman–Crippen MR) is 81.1 cm³/mol. The van der Waals surface area contributed by atoms with Gasteiger partial charge in [0.05, 0.1) is 5.60 Å². The van der Waals surface area contributed by atoms with Crippen LogP contribution in [-0.2, 0) is 4.74 Å². The summed E-state index contributed by atoms with van der Waals surface area (Å²) in [5.74, 6) is 0.548. The Morgan fingerprint density at radius 1 is 1.42 bits per heavy atom. The molecule has 3 heteroatoms. The third-order valence-corrected chi connectivity index (χ3v) is 5.54. The van der Waals surface area contributed by atoms with Crippen molar-refractivity contribution >= 4 is 15.9 Å². The number of rotatable bonds is 2. The summed E-state index contributed by atoms with van der Waals surface area (Å²) in [5, 5.41) is 0. The van der Waals surface area contributed by atoms with E-state index in [4.69, 9.17) is 10.5 Å². The standard InChI is InChI=1S/C16H22BrNO/c1-11-3-4-14(17)13(9-11)15(18)12-5-8-19-16(10-12)6-2-7-16/h3-4,9,12,15H,2,5-8,10,18H2,1H3. The molecule has 0 amide bonds. The van der Waals surface area contributed by atoms with Crippen molar-refractivity contribution in [3.05, 3.63) is 33.8 Å². The van der Waals surface area contributed by atoms with Gasteiger partial charge in [-0.2, -0.15) is 0 Å². The van der Waals surface area contributed by atoms with Gasteiger partial charge in [-0.25, -0.2) is 0 Å². The number of hydrogen-bond acceptors (Lipinski definition) is 2. The zero-order chi connectivity index (χ0) is 13.5. The molecule has 2 N–H and O–H groups in total. The van der Waals surface area contributed by atoms with Gasteiger partial charge in [-0.3, -0.25) is 0 Å². The number of benzene rings is 1. The summed E-state index contributed by atoms with van der Waals surface area (Å²) in [6.07, 6.45) is 5.99. The highest BCUT2D eigenvalue weighted by Gasteiger charge is 2.44. The average molecular weight is 324 g/mol. The van der Waals surface area contributed by atoms with Gasteiger partial charge >= 0.3 is 0 Å². The van der Waals surface area contributed by atoms with Crippen molar-refractivity contribution in [1.29, 1.82) is 0 Å². The minimum atomic E-state index is 0.121. The molecule has 2 unspecified atom stereocenters. The molecule has 1 aliphatic heterocycles. The molecule has 2 atom stereocenters. The summed E-state index contributed by atoms with van der Waals surface area (Å²) in [6, 6.07) is 6.58. The molecular weight excluding hydrogens is 302 g/mol. The SMILES string of the molecule is Cc1ccc(Br)c(C(N)C2CCOC3(CCC3)C2)c1. The van der Waals surface area contributed by atoms with Crippen LogP contribution < -0.4 is 5.73 Å². The largest absolute Gasteiger partial charge is 0.375 e. The molecule has 2 aliphatic rings. The molecule has 104 valence electrons. The Hall–Kier alpha value is -0.380. The molecule has 1 saturated carbocycles. The minimum absolute atomic E-state index is 0.121. The van der Waals surface area contributed by atoms with E-state index in [1.54, 1.807) is 0 Å². The lowest BCUT2D eigenvalue weighted by atomic mass is 9.70. The van der Waals surface area contributed by atoms with Crippen LogP contribution in [0.4, 0.5) is 0 Å². The van der Waals surface area contributed by atoms with Crippen molar-refractivity contribution in [3.8, 4) is 0 Å². The lowest BCUT2D eigenvalue weighted by Gasteiger charge is -2.48. The van der Waals surface area contributed by atoms with E-state index in [1.165, 1.54) is 30.4 Å². The smallest absolute Gasteiger partial charge is 0.0686 e. The fraction of sp³-hybridized carbons (Fsp3) is 0.625. The van der Waals surface area contributed by atoms with Crippen LogP contribution in [0.5, 0.6) is 0 Å². The van der Waals surface area contributed by atoms with Crippen LogP contribution in [0.15, 0.2) is 22.7 Å². The lowest BCUT2D eigenvalue weighted by molar-refractivity contribution is -0.146. The number of nitrogens with two attached hydrogens (primary N) is 1. The van der Waals surface area contributed by atoms with Crippen molar-refractivity contribution in [2.75, 3.05) is 6.61 Å². The first-order chi connectivity index (χ1) is 9.10. The second kappa shape index (κ2) is 5.19. The summed E-state index contributed by atoms with van der Waals surface area (Å²) in [5.41, 5.74) is 9.26. The van der Waals surface area contributed by atoms with Gasteiger partial charge in [0.15, 0.2) is 0 Å². The average Bonchev–Trinajstić information content (AvgIpc) is 2.39. The third-order valence-electron chi connectivity index (χ3n) is 4.81. The molecule has 1 spiro atoms. The normalized spacial score (nSPS) is 27.0. The van der Waals surface area contributed by atoms with Crippen LogP contribution in [0.1, 0.15) is 49.3 Å². The molecule has 1 saturated heterocycles. The summed E-state index contributed by atoms with van der Waals surface area (Å²) in [6.45, 7) is 3.00. The Labute approximate surface area is 123 Å². The first-order valence-corrected chi connectivity index (χ1v) is 8.05. The Balaban J connectivity index is 1.79. The predicted octanol–water partition coefficient (Wildman–Crippen LogP) is 4.11. The summed E-state index contributed by atoms with van der Waals surface area (Å²) in [7, 11) is 0. The van der Waals surface area contributed by atoms with Crippen molar-refractivity contribution < 1.29 is 4.74 Å². The van der Waals surface area contributed by atoms with Crippen LogP contribution in [0.3, 0.4) is 0 Å². The van der Waals surface area contributed by atoms with Gasteiger partial charge in [0, 0.05) is 17.1 Å². The fourth-order valence-electron chi connectivity index (χ4n) is 3.46. The van der Waals surface area contributed by atoms with E-state index < -0.39 is 0 Å². The molecule has 2 nitrogen and oxygen atoms in total. The maximum Gasteiger partial charge on any atom is 0.0686 e. The van der Waals surface area contributed by atoms with Gasteiger partial charge in [-0.1, -0.05) is 33.6 Å². The molecule has 1 aromatic carbocycles. The van der Waals surface area contributed by atoms with Crippen molar-refractivity contribution in [2.24, 2.45) is 11.7 Å². The molecule has 0 bridgehead atoms. The molecular formula is C16H22BrNO. The van der Waals surface area contributed by atoms with Gasteiger partial charge in [-0.05, 0) is 56.6 Å². The molecule has 0 aromatic heterocycles. The summed E-state index contributed by atoms with van der Waals surface area (Å²) >= 11 is 3.65. The van der Waals surface area contributed by atoms with E-state index in [2.05, 4.69) is 41.1 Å². The summed E-state index contributed by atoms with van der Waals surface area (Å²) < 4.78 is 7.14. The second-order valence-electron chi connectivity index (χ2n) is 6.19. The van der Waals surface area contributed by atoms with Gasteiger partial charge in [0.1, 0.15) is 0 Å². The van der Waals surface area contributed by atoms with Crippen LogP contribution in [0.25, 0.3) is 0 Å². The van der Waals surface area contributed by atoms with Gasteiger partial charge in [0.25, 0.3) is 0 Å². The highest BCUT2D eigenvalue weighted by Crippen LogP contribution is 2.47. The van der Waals surface area contributed by atoms with E-state index in [0.717, 1.165) is 23.9 Å². The first kappa shape index (κ1) is 13.6. The van der Waals surface area contributed by atoms with E-state index >= 15 is 0 Å². The highest BCUT2D eigenvalue weighted by molar-refractivity contribution is 9.10. The fourth-order valence-corrected chi connectivity index (χ4v) is 3.98. The number of ether oxygens (including phenoxy) is 1. The topological polar surface area (TPSA) is 35.2 Å². The van der Waals surface area contributed by atoms with Gasteiger partial charge < -0.3 is 10.5 Å². The Bertz CT molecular complexity index is 470. The maximum atomic E-state index is 6.55. The van der Waals surface area contributed by atoms with Crippen LogP contribution >= 0.6 is 15.9 Å². The lowest BCUT2D eigenvalue weighted by Crippen LogP contribution is -2.47. The van der Waals surface area contributed by atoms with Crippen molar-refractivity contribution in [1.82, 2.24) is 0 Å². The molecule has 0 radical (unpaired) electrons. The minimum Gasteiger partial charge on any atom is -0.375 e. The Morgan fingerprint density at radius 2 is 2.21 bits per heavy atom. The Morgan fingerprint density at radius 3 is 2.89 bits per heavy atom. The molecule has 1 aliphatic carbocycles. The zero-order valence-electron chi connectivity index (χ0n) is 11.5. The van der Waals surface area contributed by atoms with E-state index in [9.17, 15) is 0 Å². The van der Waals surface area contributed by atoms with E-state index in [1.807, 2.05) is 0 Å². The van der Waals surface area contributed by atoms with E-state index in [0.29, 0.717) is 5.92 Å². The number of halogens is 1. The van der Waals surface area contributed by atoms with Crippen molar-refractivity contribution in [2.45, 2.75) is 50.7 Å². The maximum absolute atomic E-state index is 6.55. The third kappa shape index (κ3) is 2.61. The number of aryl methyl sites for hydroxylation is 1. The van der Waals surface area contributed by atoms with E-state index in [-0.39, 0.29) is 11.6 Å². The van der Waals surface area contributed by atoms with Crippen LogP contribution in [0.2, 0.25) is 0 Å². The zero-order valence-corrected chi connectivity index (χ0v) is 13.1. The van der Waals surface area contributed by atoms with Gasteiger partial charge in [-0.15, -0.1) is 0 Å². The molecule has 1 aromatic rings. The Kier molecular flexibility index (Phi) is 3.71. The summed E-state index contributed by atoms with van der Waals surface area (Å²) in [4.78, 5) is 0. The molecule has 3 rings (SSSR count). The molecule has 2 fully saturated rings. The van der Waals surface area contributed by atoms with Crippen LogP contribution in [0, 0.1) is 12.8 Å². The van der Waals surface area contributed by atoms with Crippen molar-refractivity contribution in [3.63, 3.8) is 0 Å². The number of hydrogen-bond donors (Lipinski definition) is 1. The first-order valence-electron chi connectivity index (χ1n) is 7.25. The van der Waals surface area contributed by atoms with Gasteiger partial charge in [0.2, 0.25) is 0 Å². The molecule has 19 heavy (non-hydrogen) atoms. The quantitative estimate of drug-likeness (QED) is 0.889. The molecule has 1 heterocycles. The highest BCUT2D eigenvalue weighted by atomic mass is 79.9. The monoisotopic (exact) mass is 323 g/mol. The second-order valence-corrected chi connectivity index (χ2v) is 7.04.